The predicted molar refractivity (Wildman–Crippen MR) is 117 cm³/mol. The van der Waals surface area contributed by atoms with E-state index in [-0.39, 0.29) is 19.1 Å². The number of rotatable bonds is 20. The summed E-state index contributed by atoms with van der Waals surface area (Å²) in [6, 6.07) is 0. The first-order chi connectivity index (χ1) is 14.8. The van der Waals surface area contributed by atoms with Crippen LogP contribution in [0.1, 0.15) is 77.6 Å². The number of aliphatic hydroxyl groups excluding tert-OH is 1. The highest BCUT2D eigenvalue weighted by Crippen LogP contribution is 2.35. The van der Waals surface area contributed by atoms with Crippen LogP contribution in [-0.2, 0) is 23.5 Å². The molecule has 2 unspecified atom stereocenters. The molecular weight excluding hydrogens is 427 g/mol. The van der Waals surface area contributed by atoms with E-state index >= 15 is 0 Å². The molecule has 0 radical (unpaired) electrons. The Balaban J connectivity index is 3.69. The summed E-state index contributed by atoms with van der Waals surface area (Å²) in [7, 11) is -4.65. The van der Waals surface area contributed by atoms with Gasteiger partial charge in [0.15, 0.2) is 0 Å². The Bertz CT molecular complexity index is 545. The average Bonchev–Trinajstić information content (AvgIpc) is 2.72. The fourth-order valence-corrected chi connectivity index (χ4v) is 3.01. The molecule has 0 saturated heterocycles. The first kappa shape index (κ1) is 29.9. The monoisotopic (exact) mass is 466 g/mol. The van der Waals surface area contributed by atoms with Gasteiger partial charge in [0.25, 0.3) is 0 Å². The number of esters is 1. The zero-order valence-corrected chi connectivity index (χ0v) is 19.3. The van der Waals surface area contributed by atoms with Crippen molar-refractivity contribution in [3.8, 4) is 0 Å². The fraction of sp³-hybridized carbons (Fsp3) is 0.762. The van der Waals surface area contributed by atoms with Gasteiger partial charge in [-0.3, -0.25) is 14.6 Å². The van der Waals surface area contributed by atoms with Gasteiger partial charge in [0.2, 0.25) is 0 Å². The highest BCUT2D eigenvalue weighted by molar-refractivity contribution is 7.46. The minimum atomic E-state index is -4.65. The summed E-state index contributed by atoms with van der Waals surface area (Å²) in [5.74, 6) is -0.471. The Labute approximate surface area is 185 Å². The first-order valence-corrected chi connectivity index (χ1v) is 12.5. The van der Waals surface area contributed by atoms with Crippen molar-refractivity contribution in [1.29, 1.82) is 0 Å². The van der Waals surface area contributed by atoms with Crippen molar-refractivity contribution in [3.05, 3.63) is 24.3 Å². The Morgan fingerprint density at radius 1 is 0.968 bits per heavy atom. The summed E-state index contributed by atoms with van der Waals surface area (Å²) < 4.78 is 19.5. The van der Waals surface area contributed by atoms with Gasteiger partial charge < -0.3 is 19.6 Å². The molecule has 9 nitrogen and oxygen atoms in total. The molecule has 0 aromatic rings. The zero-order valence-electron chi connectivity index (χ0n) is 18.4. The van der Waals surface area contributed by atoms with Crippen LogP contribution in [0, 0.1) is 0 Å². The summed E-state index contributed by atoms with van der Waals surface area (Å²) in [4.78, 5) is 33.1. The molecule has 4 N–H and O–H groups in total. The van der Waals surface area contributed by atoms with Crippen molar-refractivity contribution in [2.45, 2.75) is 89.8 Å². The quantitative estimate of drug-likeness (QED) is 0.0516. The number of hydrogen-bond donors (Lipinski definition) is 4. The van der Waals surface area contributed by atoms with Gasteiger partial charge in [0, 0.05) is 6.42 Å². The predicted octanol–water partition coefficient (Wildman–Crippen LogP) is 4.28. The van der Waals surface area contributed by atoms with Crippen LogP contribution in [-0.4, -0.2) is 51.5 Å². The molecule has 2 atom stereocenters. The van der Waals surface area contributed by atoms with Crippen LogP contribution in [0.3, 0.4) is 0 Å². The number of phosphoric acid groups is 1. The molecule has 182 valence electrons. The van der Waals surface area contributed by atoms with Gasteiger partial charge in [-0.2, -0.15) is 0 Å². The maximum atomic E-state index is 11.6. The van der Waals surface area contributed by atoms with E-state index in [2.05, 4.69) is 22.4 Å². The SMILES string of the molecule is CCCCC/C=C\CC(/C=C/CCCCCCC(=O)OCC(O)COP(=O)(O)O)OO. The number of phosphoric ester groups is 1. The van der Waals surface area contributed by atoms with Gasteiger partial charge in [-0.15, -0.1) is 0 Å². The molecule has 0 heterocycles. The molecule has 0 spiro atoms. The van der Waals surface area contributed by atoms with Crippen molar-refractivity contribution in [1.82, 2.24) is 0 Å². The lowest BCUT2D eigenvalue weighted by Crippen LogP contribution is -2.23. The first-order valence-electron chi connectivity index (χ1n) is 10.9. The van der Waals surface area contributed by atoms with Crippen molar-refractivity contribution in [2.24, 2.45) is 0 Å². The fourth-order valence-electron chi connectivity index (χ4n) is 2.64. The average molecular weight is 467 g/mol. The summed E-state index contributed by atoms with van der Waals surface area (Å²) >= 11 is 0. The van der Waals surface area contributed by atoms with Crippen LogP contribution in [0.5, 0.6) is 0 Å². The molecule has 0 aliphatic rings. The number of ether oxygens (including phenoxy) is 1. The number of aliphatic hydroxyl groups is 1. The molecular formula is C21H39O9P. The molecule has 0 aromatic heterocycles. The Hall–Kier alpha value is -1.06. The van der Waals surface area contributed by atoms with Crippen molar-refractivity contribution in [2.75, 3.05) is 13.2 Å². The van der Waals surface area contributed by atoms with Gasteiger partial charge in [-0.1, -0.05) is 56.9 Å². The van der Waals surface area contributed by atoms with E-state index in [0.29, 0.717) is 12.8 Å². The van der Waals surface area contributed by atoms with E-state index in [0.717, 1.165) is 32.1 Å². The minimum absolute atomic E-state index is 0.215. The summed E-state index contributed by atoms with van der Waals surface area (Å²) in [5.41, 5.74) is 0. The van der Waals surface area contributed by atoms with Gasteiger partial charge in [0.1, 0.15) is 18.8 Å². The van der Waals surface area contributed by atoms with Gasteiger partial charge in [-0.25, -0.2) is 9.45 Å². The Morgan fingerprint density at radius 2 is 1.65 bits per heavy atom. The van der Waals surface area contributed by atoms with Crippen LogP contribution in [0.2, 0.25) is 0 Å². The zero-order chi connectivity index (χ0) is 23.4. The standard InChI is InChI=1S/C21H39O9P/c1-2-3-4-5-8-11-14-20(30-24)15-12-9-6-7-10-13-16-21(23)28-17-19(22)18-29-31(25,26)27/h8,11-12,15,19-20,22,24H,2-7,9-10,13-14,16-18H2,1H3,(H2,25,26,27)/b11-8-,15-12+. The molecule has 0 amide bonds. The smallest absolute Gasteiger partial charge is 0.463 e. The lowest BCUT2D eigenvalue weighted by Gasteiger charge is -2.12. The van der Waals surface area contributed by atoms with Crippen molar-refractivity contribution in [3.63, 3.8) is 0 Å². The van der Waals surface area contributed by atoms with Crippen LogP contribution in [0.15, 0.2) is 24.3 Å². The van der Waals surface area contributed by atoms with Crippen molar-refractivity contribution < 1.29 is 43.7 Å². The van der Waals surface area contributed by atoms with Crippen LogP contribution < -0.4 is 0 Å². The minimum Gasteiger partial charge on any atom is -0.463 e. The number of carbonyl (C=O) groups excluding carboxylic acids is 1. The molecule has 0 aliphatic heterocycles. The molecule has 31 heavy (non-hydrogen) atoms. The van der Waals surface area contributed by atoms with Gasteiger partial charge >= 0.3 is 13.8 Å². The summed E-state index contributed by atoms with van der Waals surface area (Å²) in [6.45, 7) is 1.19. The van der Waals surface area contributed by atoms with E-state index in [4.69, 9.17) is 19.8 Å². The van der Waals surface area contributed by atoms with E-state index in [1.54, 1.807) is 0 Å². The number of hydrogen-bond acceptors (Lipinski definition) is 7. The third-order valence-electron chi connectivity index (χ3n) is 4.37. The number of unbranched alkanes of at least 4 members (excludes halogenated alkanes) is 7. The third kappa shape index (κ3) is 21.9. The van der Waals surface area contributed by atoms with Crippen LogP contribution in [0.4, 0.5) is 0 Å². The topological polar surface area (TPSA) is 143 Å². The van der Waals surface area contributed by atoms with Crippen LogP contribution in [0.25, 0.3) is 0 Å². The molecule has 0 aliphatic carbocycles. The second-order valence-electron chi connectivity index (χ2n) is 7.35. The molecule has 10 heteroatoms. The molecule has 0 rings (SSSR count). The van der Waals surface area contributed by atoms with E-state index in [1.807, 2.05) is 18.2 Å². The lowest BCUT2D eigenvalue weighted by atomic mass is 10.1. The second-order valence-corrected chi connectivity index (χ2v) is 8.59. The lowest BCUT2D eigenvalue weighted by molar-refractivity contribution is -0.264. The third-order valence-corrected chi connectivity index (χ3v) is 4.85. The second kappa shape index (κ2) is 19.6. The molecule has 0 bridgehead atoms. The van der Waals surface area contributed by atoms with Crippen molar-refractivity contribution >= 4 is 13.8 Å². The summed E-state index contributed by atoms with van der Waals surface area (Å²) in [5, 5.41) is 18.4. The van der Waals surface area contributed by atoms with E-state index in [1.165, 1.54) is 19.3 Å². The normalized spacial score (nSPS) is 14.4. The molecule has 0 fully saturated rings. The highest BCUT2D eigenvalue weighted by Gasteiger charge is 2.17. The van der Waals surface area contributed by atoms with Gasteiger partial charge in [-0.05, 0) is 38.5 Å². The largest absolute Gasteiger partial charge is 0.469 e. The Morgan fingerprint density at radius 3 is 2.32 bits per heavy atom. The number of carbonyl (C=O) groups is 1. The van der Waals surface area contributed by atoms with E-state index in [9.17, 15) is 14.5 Å². The van der Waals surface area contributed by atoms with E-state index < -0.39 is 26.5 Å². The maximum Gasteiger partial charge on any atom is 0.469 e. The van der Waals surface area contributed by atoms with Crippen LogP contribution >= 0.6 is 7.82 Å². The molecule has 0 aromatic carbocycles. The maximum absolute atomic E-state index is 11.6. The number of allylic oxidation sites excluding steroid dienone is 2. The highest BCUT2D eigenvalue weighted by atomic mass is 31.2. The van der Waals surface area contributed by atoms with Gasteiger partial charge in [0.05, 0.1) is 6.61 Å². The summed E-state index contributed by atoms with van der Waals surface area (Å²) in [6.07, 6.45) is 16.2. The Kier molecular flexibility index (Phi) is 18.9. The molecule has 0 saturated carbocycles.